The molecule has 0 aromatic carbocycles. The summed E-state index contributed by atoms with van der Waals surface area (Å²) in [5.41, 5.74) is -0.436. The minimum absolute atomic E-state index is 0.0389. The lowest BCUT2D eigenvalue weighted by atomic mass is 10.4. The first-order valence-corrected chi connectivity index (χ1v) is 6.64. The lowest BCUT2D eigenvalue weighted by Gasteiger charge is -2.04. The first-order chi connectivity index (χ1) is 9.28. The summed E-state index contributed by atoms with van der Waals surface area (Å²) in [4.78, 5) is 14.0. The molecule has 1 N–H and O–H groups in total. The van der Waals surface area contributed by atoms with Crippen LogP contribution in [0.2, 0.25) is 0 Å². The van der Waals surface area contributed by atoms with E-state index in [1.807, 2.05) is 0 Å². The number of carbonyl (C=O) groups is 1. The Hall–Kier alpha value is -2.67. The van der Waals surface area contributed by atoms with Crippen LogP contribution in [0.15, 0.2) is 15.6 Å². The molecule has 2 aromatic heterocycles. The highest BCUT2D eigenvalue weighted by molar-refractivity contribution is 7.90. The largest absolute Gasteiger partial charge is 0.476 e. The summed E-state index contributed by atoms with van der Waals surface area (Å²) in [7, 11) is -4.20. The number of hydrogen-bond acceptors (Lipinski definition) is 7. The monoisotopic (exact) mass is 296 g/mol. The van der Waals surface area contributed by atoms with E-state index in [1.54, 1.807) is 0 Å². The van der Waals surface area contributed by atoms with E-state index in [0.29, 0.717) is 3.97 Å². The zero-order valence-corrected chi connectivity index (χ0v) is 11.2. The second-order valence-corrected chi connectivity index (χ2v) is 5.57. The summed E-state index contributed by atoms with van der Waals surface area (Å²) in [6.45, 7) is 2.82. The van der Waals surface area contributed by atoms with Gasteiger partial charge in [0.2, 0.25) is 5.82 Å². The van der Waals surface area contributed by atoms with Crippen molar-refractivity contribution in [2.45, 2.75) is 18.7 Å². The van der Waals surface area contributed by atoms with Gasteiger partial charge in [0.15, 0.2) is 16.3 Å². The number of carboxylic acids is 1. The molecule has 0 amide bonds. The maximum Gasteiger partial charge on any atom is 0.356 e. The van der Waals surface area contributed by atoms with Crippen molar-refractivity contribution in [2.75, 3.05) is 0 Å². The Morgan fingerprint density at radius 1 is 1.50 bits per heavy atom. The lowest BCUT2D eigenvalue weighted by molar-refractivity contribution is 0.0691. The number of nitriles is 1. The zero-order valence-electron chi connectivity index (χ0n) is 10.4. The van der Waals surface area contributed by atoms with Gasteiger partial charge in [0, 0.05) is 0 Å². The van der Waals surface area contributed by atoms with E-state index >= 15 is 0 Å². The summed E-state index contributed by atoms with van der Waals surface area (Å²) in [6, 6.07) is 1.54. The summed E-state index contributed by atoms with van der Waals surface area (Å²) in [5.74, 6) is -1.95. The van der Waals surface area contributed by atoms with Crippen LogP contribution in [0.25, 0.3) is 0 Å². The molecule has 0 fully saturated rings. The quantitative estimate of drug-likeness (QED) is 0.852. The summed E-state index contributed by atoms with van der Waals surface area (Å²) >= 11 is 0. The van der Waals surface area contributed by atoms with Gasteiger partial charge in [-0.15, -0.1) is 0 Å². The van der Waals surface area contributed by atoms with Gasteiger partial charge in [-0.05, 0) is 13.8 Å². The predicted octanol–water partition coefficient (Wildman–Crippen LogP) is 0.295. The first-order valence-electron chi connectivity index (χ1n) is 5.20. The molecule has 0 atom stereocenters. The van der Waals surface area contributed by atoms with E-state index in [1.165, 1.54) is 19.9 Å². The zero-order chi connectivity index (χ0) is 15.1. The maximum absolute atomic E-state index is 12.4. The van der Waals surface area contributed by atoms with Gasteiger partial charge in [-0.2, -0.15) is 5.26 Å². The molecule has 0 bridgehead atoms. The number of aryl methyl sites for hydroxylation is 2. The molecule has 0 aliphatic heterocycles. The van der Waals surface area contributed by atoms with Crippen LogP contribution in [0.5, 0.6) is 0 Å². The van der Waals surface area contributed by atoms with Crippen LogP contribution in [-0.4, -0.2) is 33.6 Å². The summed E-state index contributed by atoms with van der Waals surface area (Å²) < 4.78 is 30.1. The molecule has 20 heavy (non-hydrogen) atoms. The molecular weight excluding hydrogens is 288 g/mol. The van der Waals surface area contributed by atoms with Gasteiger partial charge in [-0.25, -0.2) is 22.2 Å². The van der Waals surface area contributed by atoms with Gasteiger partial charge in [0.25, 0.3) is 10.0 Å². The molecule has 0 aliphatic rings. The van der Waals surface area contributed by atoms with Gasteiger partial charge in [-0.3, -0.25) is 0 Å². The van der Waals surface area contributed by atoms with Crippen LogP contribution in [-0.2, 0) is 10.0 Å². The SMILES string of the molecule is Cc1noc(C)c1S(=O)(=O)n1cc(C(=O)O)nc1C#N. The summed E-state index contributed by atoms with van der Waals surface area (Å²) in [6.07, 6.45) is 0.766. The molecule has 0 saturated carbocycles. The van der Waals surface area contributed by atoms with E-state index in [2.05, 4.69) is 10.1 Å². The molecule has 104 valence electrons. The number of aromatic carboxylic acids is 1. The number of carboxylic acid groups (broad SMARTS) is 1. The van der Waals surface area contributed by atoms with E-state index in [4.69, 9.17) is 14.9 Å². The topological polar surface area (TPSA) is 139 Å². The first kappa shape index (κ1) is 13.8. The number of hydrogen-bond donors (Lipinski definition) is 1. The molecular formula is C10H8N4O5S. The van der Waals surface area contributed by atoms with Crippen molar-refractivity contribution >= 4 is 16.0 Å². The van der Waals surface area contributed by atoms with Crippen molar-refractivity contribution in [3.63, 3.8) is 0 Å². The number of aromatic nitrogens is 3. The van der Waals surface area contributed by atoms with E-state index < -0.39 is 27.5 Å². The number of rotatable bonds is 3. The normalized spacial score (nSPS) is 11.2. The molecule has 2 heterocycles. The Balaban J connectivity index is 2.74. The Kier molecular flexibility index (Phi) is 3.07. The third-order valence-corrected chi connectivity index (χ3v) is 4.37. The van der Waals surface area contributed by atoms with Crippen molar-refractivity contribution in [1.29, 1.82) is 5.26 Å². The average Bonchev–Trinajstić information content (AvgIpc) is 2.93. The average molecular weight is 296 g/mol. The predicted molar refractivity (Wildman–Crippen MR) is 62.5 cm³/mol. The molecule has 2 rings (SSSR count). The lowest BCUT2D eigenvalue weighted by Crippen LogP contribution is -2.15. The maximum atomic E-state index is 12.4. The van der Waals surface area contributed by atoms with Gasteiger partial charge in [0.1, 0.15) is 11.8 Å². The Morgan fingerprint density at radius 2 is 2.15 bits per heavy atom. The molecule has 9 nitrogen and oxygen atoms in total. The van der Waals surface area contributed by atoms with Crippen LogP contribution < -0.4 is 0 Å². The molecule has 0 radical (unpaired) electrons. The van der Waals surface area contributed by atoms with Gasteiger partial charge in [-0.1, -0.05) is 5.16 Å². The van der Waals surface area contributed by atoms with Crippen molar-refractivity contribution in [3.05, 3.63) is 29.2 Å². The van der Waals surface area contributed by atoms with E-state index in [-0.39, 0.29) is 16.3 Å². The summed E-state index contributed by atoms with van der Waals surface area (Å²) in [5, 5.41) is 21.2. The number of nitrogens with zero attached hydrogens (tertiary/aromatic N) is 4. The highest BCUT2D eigenvalue weighted by Gasteiger charge is 2.30. The van der Waals surface area contributed by atoms with Crippen LogP contribution >= 0.6 is 0 Å². The Bertz CT molecular complexity index is 820. The second-order valence-electron chi connectivity index (χ2n) is 3.82. The molecule has 0 spiro atoms. The smallest absolute Gasteiger partial charge is 0.356 e. The van der Waals surface area contributed by atoms with Gasteiger partial charge < -0.3 is 9.63 Å². The molecule has 2 aromatic rings. The molecule has 0 saturated heterocycles. The van der Waals surface area contributed by atoms with Crippen molar-refractivity contribution in [1.82, 2.24) is 14.1 Å². The van der Waals surface area contributed by atoms with E-state index in [9.17, 15) is 13.2 Å². The third kappa shape index (κ3) is 1.94. The second kappa shape index (κ2) is 4.46. The van der Waals surface area contributed by atoms with Crippen LogP contribution in [0.4, 0.5) is 0 Å². The van der Waals surface area contributed by atoms with Gasteiger partial charge in [0.05, 0.1) is 6.20 Å². The van der Waals surface area contributed by atoms with Crippen molar-refractivity contribution < 1.29 is 22.8 Å². The number of imidazole rings is 1. The fourth-order valence-electron chi connectivity index (χ4n) is 1.67. The standard InChI is InChI=1S/C10H8N4O5S/c1-5-9(6(2)19-13-5)20(17,18)14-4-7(10(15)16)12-8(14)3-11/h4H,1-2H3,(H,15,16). The minimum Gasteiger partial charge on any atom is -0.476 e. The molecule has 10 heteroatoms. The highest BCUT2D eigenvalue weighted by Crippen LogP contribution is 2.23. The van der Waals surface area contributed by atoms with Crippen LogP contribution in [0.1, 0.15) is 27.8 Å². The molecule has 0 aliphatic carbocycles. The van der Waals surface area contributed by atoms with Crippen molar-refractivity contribution in [3.8, 4) is 6.07 Å². The Labute approximate surface area is 113 Å². The highest BCUT2D eigenvalue weighted by atomic mass is 32.2. The third-order valence-electron chi connectivity index (χ3n) is 2.48. The van der Waals surface area contributed by atoms with Crippen LogP contribution in [0.3, 0.4) is 0 Å². The fraction of sp³-hybridized carbons (Fsp3) is 0.200. The van der Waals surface area contributed by atoms with E-state index in [0.717, 1.165) is 6.20 Å². The minimum atomic E-state index is -4.20. The van der Waals surface area contributed by atoms with Crippen LogP contribution in [0, 0.1) is 25.2 Å². The van der Waals surface area contributed by atoms with Gasteiger partial charge >= 0.3 is 5.97 Å². The fourth-order valence-corrected chi connectivity index (χ4v) is 3.22. The molecule has 0 unspecified atom stereocenters. The Morgan fingerprint density at radius 3 is 2.60 bits per heavy atom. The van der Waals surface area contributed by atoms with Crippen molar-refractivity contribution in [2.24, 2.45) is 0 Å².